The van der Waals surface area contributed by atoms with Gasteiger partial charge in [0.05, 0.1) is 23.1 Å². The van der Waals surface area contributed by atoms with Crippen LogP contribution in [0, 0.1) is 0 Å². The van der Waals surface area contributed by atoms with Crippen molar-refractivity contribution in [2.75, 3.05) is 13.3 Å². The number of carbonyl (C=O) groups is 1. The van der Waals surface area contributed by atoms with Crippen LogP contribution in [-0.4, -0.2) is 39.0 Å². The molecule has 0 unspecified atom stereocenters. The molecule has 8 nitrogen and oxygen atoms in total. The van der Waals surface area contributed by atoms with E-state index in [1.165, 1.54) is 5.56 Å². The lowest BCUT2D eigenvalue weighted by atomic mass is 10.1. The Kier molecular flexibility index (Phi) is 5.18. The molecule has 6 rings (SSSR count). The van der Waals surface area contributed by atoms with Gasteiger partial charge >= 0.3 is 0 Å². The van der Waals surface area contributed by atoms with Gasteiger partial charge in [0.1, 0.15) is 0 Å². The molecule has 1 N–H and O–H groups in total. The van der Waals surface area contributed by atoms with Crippen molar-refractivity contribution >= 4 is 5.91 Å². The highest BCUT2D eigenvalue weighted by Gasteiger charge is 2.33. The van der Waals surface area contributed by atoms with Gasteiger partial charge in [-0.2, -0.15) is 5.10 Å². The van der Waals surface area contributed by atoms with Crippen LogP contribution in [0.1, 0.15) is 40.4 Å². The zero-order chi connectivity index (χ0) is 22.9. The Morgan fingerprint density at radius 3 is 2.76 bits per heavy atom. The molecule has 0 saturated heterocycles. The SMILES string of the molecule is O=C(NCCc1ccccc1)c1cnn(-c2nccc(-c3ccc4c(c3)OCO4)n2)c1C1CC1. The van der Waals surface area contributed by atoms with Crippen LogP contribution in [0.3, 0.4) is 0 Å². The van der Waals surface area contributed by atoms with Gasteiger partial charge in [-0.15, -0.1) is 0 Å². The number of fused-ring (bicyclic) bond motifs is 1. The maximum atomic E-state index is 13.0. The Morgan fingerprint density at radius 2 is 1.91 bits per heavy atom. The highest BCUT2D eigenvalue weighted by atomic mass is 16.7. The fourth-order valence-electron chi connectivity index (χ4n) is 4.17. The second kappa shape index (κ2) is 8.62. The molecule has 0 atom stereocenters. The van der Waals surface area contributed by atoms with Crippen LogP contribution >= 0.6 is 0 Å². The van der Waals surface area contributed by atoms with Gasteiger partial charge < -0.3 is 14.8 Å². The van der Waals surface area contributed by atoms with Crippen molar-refractivity contribution in [2.24, 2.45) is 0 Å². The highest BCUT2D eigenvalue weighted by molar-refractivity contribution is 5.95. The third kappa shape index (κ3) is 3.98. The van der Waals surface area contributed by atoms with Gasteiger partial charge in [0.15, 0.2) is 11.5 Å². The summed E-state index contributed by atoms with van der Waals surface area (Å²) in [5, 5.41) is 7.55. The van der Waals surface area contributed by atoms with Crippen molar-refractivity contribution in [3.63, 3.8) is 0 Å². The number of hydrogen-bond acceptors (Lipinski definition) is 6. The first-order chi connectivity index (χ1) is 16.8. The van der Waals surface area contributed by atoms with Gasteiger partial charge in [-0.05, 0) is 49.1 Å². The van der Waals surface area contributed by atoms with E-state index in [1.54, 1.807) is 17.1 Å². The average Bonchev–Trinajstić information content (AvgIpc) is 3.43. The first-order valence-electron chi connectivity index (χ1n) is 11.4. The summed E-state index contributed by atoms with van der Waals surface area (Å²) in [6.07, 6.45) is 6.16. The molecular weight excluding hydrogens is 430 g/mol. The Labute approximate surface area is 196 Å². The molecule has 0 bridgehead atoms. The molecule has 3 heterocycles. The van der Waals surface area contributed by atoms with Crippen LogP contribution in [0.2, 0.25) is 0 Å². The topological polar surface area (TPSA) is 91.2 Å². The normalized spacial score (nSPS) is 14.2. The van der Waals surface area contributed by atoms with E-state index in [-0.39, 0.29) is 18.6 Å². The number of nitrogens with one attached hydrogen (secondary N) is 1. The van der Waals surface area contributed by atoms with Gasteiger partial charge in [-0.1, -0.05) is 30.3 Å². The van der Waals surface area contributed by atoms with Crippen LogP contribution in [0.25, 0.3) is 17.2 Å². The minimum atomic E-state index is -0.115. The molecule has 1 fully saturated rings. The lowest BCUT2D eigenvalue weighted by Crippen LogP contribution is -2.26. The first-order valence-corrected chi connectivity index (χ1v) is 11.4. The molecule has 4 aromatic rings. The van der Waals surface area contributed by atoms with Crippen LogP contribution in [0.4, 0.5) is 0 Å². The minimum Gasteiger partial charge on any atom is -0.454 e. The van der Waals surface area contributed by atoms with E-state index in [1.807, 2.05) is 42.5 Å². The number of aromatic nitrogens is 4. The molecule has 34 heavy (non-hydrogen) atoms. The predicted molar refractivity (Wildman–Crippen MR) is 125 cm³/mol. The van der Waals surface area contributed by atoms with Gasteiger partial charge in [0.25, 0.3) is 11.9 Å². The lowest BCUT2D eigenvalue weighted by molar-refractivity contribution is 0.0953. The third-order valence-corrected chi connectivity index (χ3v) is 6.06. The zero-order valence-corrected chi connectivity index (χ0v) is 18.5. The highest BCUT2D eigenvalue weighted by Crippen LogP contribution is 2.42. The molecule has 1 aliphatic heterocycles. The Hall–Kier alpha value is -4.20. The maximum absolute atomic E-state index is 13.0. The van der Waals surface area contributed by atoms with E-state index < -0.39 is 0 Å². The summed E-state index contributed by atoms with van der Waals surface area (Å²) >= 11 is 0. The zero-order valence-electron chi connectivity index (χ0n) is 18.5. The number of carbonyl (C=O) groups excluding carboxylic acids is 1. The number of benzene rings is 2. The van der Waals surface area contributed by atoms with Crippen LogP contribution in [-0.2, 0) is 6.42 Å². The van der Waals surface area contributed by atoms with E-state index in [0.717, 1.165) is 42.0 Å². The monoisotopic (exact) mass is 453 g/mol. The summed E-state index contributed by atoms with van der Waals surface area (Å²) in [5.41, 5.74) is 4.30. The van der Waals surface area contributed by atoms with E-state index in [9.17, 15) is 4.79 Å². The Bertz CT molecular complexity index is 1350. The summed E-state index contributed by atoms with van der Waals surface area (Å²) in [6, 6.07) is 17.7. The maximum Gasteiger partial charge on any atom is 0.254 e. The Morgan fingerprint density at radius 1 is 1.06 bits per heavy atom. The van der Waals surface area contributed by atoms with Crippen molar-refractivity contribution in [1.82, 2.24) is 25.1 Å². The second-order valence-corrected chi connectivity index (χ2v) is 8.43. The van der Waals surface area contributed by atoms with Gasteiger partial charge in [0, 0.05) is 24.2 Å². The molecule has 2 aromatic carbocycles. The largest absolute Gasteiger partial charge is 0.454 e. The van der Waals surface area contributed by atoms with Crippen molar-refractivity contribution in [3.8, 4) is 28.7 Å². The van der Waals surface area contributed by atoms with Crippen LogP contribution in [0.15, 0.2) is 67.0 Å². The minimum absolute atomic E-state index is 0.115. The van der Waals surface area contributed by atoms with E-state index >= 15 is 0 Å². The quantitative estimate of drug-likeness (QED) is 0.456. The van der Waals surface area contributed by atoms with Crippen LogP contribution in [0.5, 0.6) is 11.5 Å². The van der Waals surface area contributed by atoms with Crippen molar-refractivity contribution in [1.29, 1.82) is 0 Å². The number of ether oxygens (including phenoxy) is 2. The summed E-state index contributed by atoms with van der Waals surface area (Å²) in [4.78, 5) is 22.2. The lowest BCUT2D eigenvalue weighted by Gasteiger charge is -2.10. The number of rotatable bonds is 7. The summed E-state index contributed by atoms with van der Waals surface area (Å²) in [7, 11) is 0. The van der Waals surface area contributed by atoms with Gasteiger partial charge in [-0.25, -0.2) is 14.6 Å². The molecule has 2 aromatic heterocycles. The molecule has 1 saturated carbocycles. The standard InChI is InChI=1S/C26H23N5O3/c32-25(27-12-10-17-4-2-1-3-5-17)20-15-29-31(24(20)18-6-7-18)26-28-13-11-21(30-26)19-8-9-22-23(14-19)34-16-33-22/h1-5,8-9,11,13-15,18H,6-7,10,12,16H2,(H,27,32). The molecule has 2 aliphatic rings. The van der Waals surface area contributed by atoms with Crippen LogP contribution < -0.4 is 14.8 Å². The molecule has 8 heteroatoms. The number of nitrogens with zero attached hydrogens (tertiary/aromatic N) is 4. The molecule has 1 amide bonds. The van der Waals surface area contributed by atoms with Gasteiger partial charge in [0.2, 0.25) is 6.79 Å². The summed E-state index contributed by atoms with van der Waals surface area (Å²) in [6.45, 7) is 0.788. The fourth-order valence-corrected chi connectivity index (χ4v) is 4.17. The molecular formula is C26H23N5O3. The van der Waals surface area contributed by atoms with E-state index in [2.05, 4.69) is 27.5 Å². The second-order valence-electron chi connectivity index (χ2n) is 8.43. The first kappa shape index (κ1) is 20.4. The molecule has 0 radical (unpaired) electrons. The number of amides is 1. The van der Waals surface area contributed by atoms with Crippen molar-refractivity contribution in [3.05, 3.63) is 83.8 Å². The van der Waals surface area contributed by atoms with Gasteiger partial charge in [-0.3, -0.25) is 4.79 Å². The molecule has 0 spiro atoms. The molecule has 1 aliphatic carbocycles. The summed E-state index contributed by atoms with van der Waals surface area (Å²) < 4.78 is 12.6. The smallest absolute Gasteiger partial charge is 0.254 e. The van der Waals surface area contributed by atoms with Crippen molar-refractivity contribution < 1.29 is 14.3 Å². The van der Waals surface area contributed by atoms with E-state index in [4.69, 9.17) is 14.5 Å². The predicted octanol–water partition coefficient (Wildman–Crippen LogP) is 3.91. The third-order valence-electron chi connectivity index (χ3n) is 6.06. The average molecular weight is 454 g/mol. The summed E-state index contributed by atoms with van der Waals surface area (Å²) in [5.74, 6) is 2.04. The Balaban J connectivity index is 1.25. The number of hydrogen-bond donors (Lipinski definition) is 1. The molecule has 170 valence electrons. The van der Waals surface area contributed by atoms with Crippen molar-refractivity contribution in [2.45, 2.75) is 25.2 Å². The fraction of sp³-hybridized carbons (Fsp3) is 0.231. The van der Waals surface area contributed by atoms with E-state index in [0.29, 0.717) is 23.8 Å².